The third kappa shape index (κ3) is 6.11. The van der Waals surface area contributed by atoms with E-state index in [4.69, 9.17) is 14.0 Å². The van der Waals surface area contributed by atoms with Crippen molar-refractivity contribution in [2.45, 2.75) is 24.6 Å². The van der Waals surface area contributed by atoms with Crippen molar-refractivity contribution in [3.63, 3.8) is 0 Å². The van der Waals surface area contributed by atoms with Crippen LogP contribution in [0, 0.1) is 0 Å². The molecule has 0 saturated carbocycles. The van der Waals surface area contributed by atoms with E-state index in [0.29, 0.717) is 11.1 Å². The van der Waals surface area contributed by atoms with Gasteiger partial charge >= 0.3 is 12.7 Å². The van der Waals surface area contributed by atoms with Crippen LogP contribution in [0.5, 0.6) is 17.2 Å². The molecule has 0 aliphatic rings. The Balaban J connectivity index is 1.67. The maximum atomic E-state index is 13.3. The molecule has 0 fully saturated rings. The molecule has 16 heteroatoms. The van der Waals surface area contributed by atoms with Crippen LogP contribution in [-0.4, -0.2) is 57.4 Å². The van der Waals surface area contributed by atoms with Gasteiger partial charge in [-0.25, -0.2) is 13.2 Å². The molecule has 208 valence electrons. The van der Waals surface area contributed by atoms with Crippen molar-refractivity contribution in [3.8, 4) is 17.2 Å². The van der Waals surface area contributed by atoms with Gasteiger partial charge in [-0.1, -0.05) is 11.2 Å². The van der Waals surface area contributed by atoms with Crippen molar-refractivity contribution >= 4 is 32.9 Å². The number of ether oxygens (including phenoxy) is 4. The first-order valence-electron chi connectivity index (χ1n) is 11.1. The van der Waals surface area contributed by atoms with Crippen molar-refractivity contribution in [2.75, 3.05) is 26.1 Å². The molecule has 2 aromatic heterocycles. The van der Waals surface area contributed by atoms with Crippen molar-refractivity contribution < 1.29 is 45.5 Å². The Morgan fingerprint density at radius 3 is 2.46 bits per heavy atom. The summed E-state index contributed by atoms with van der Waals surface area (Å²) >= 11 is 0. The third-order valence-corrected chi connectivity index (χ3v) is 6.75. The molecule has 0 aliphatic heterocycles. The minimum absolute atomic E-state index is 0.0126. The first-order valence-corrected chi connectivity index (χ1v) is 12.6. The summed E-state index contributed by atoms with van der Waals surface area (Å²) in [6.07, 6.45) is 2.54. The Bertz CT molecular complexity index is 1570. The molecule has 1 amide bonds. The van der Waals surface area contributed by atoms with Crippen LogP contribution in [0.4, 0.5) is 19.4 Å². The summed E-state index contributed by atoms with van der Waals surface area (Å²) in [6.45, 7) is -2.96. The Kier molecular flexibility index (Phi) is 8.04. The van der Waals surface area contributed by atoms with Gasteiger partial charge in [0.15, 0.2) is 16.3 Å². The van der Waals surface area contributed by atoms with E-state index in [-0.39, 0.29) is 52.0 Å². The summed E-state index contributed by atoms with van der Waals surface area (Å²) in [6, 6.07) is 7.15. The molecule has 0 aliphatic carbocycles. The molecule has 4 aromatic rings. The molecule has 0 bridgehead atoms. The zero-order chi connectivity index (χ0) is 28.2. The Morgan fingerprint density at radius 2 is 1.82 bits per heavy atom. The number of anilines is 1. The predicted octanol–water partition coefficient (Wildman–Crippen LogP) is 3.35. The van der Waals surface area contributed by atoms with Crippen LogP contribution in [0.25, 0.3) is 11.0 Å². The summed E-state index contributed by atoms with van der Waals surface area (Å²) in [5.41, 5.74) is 1.08. The molecule has 2 N–H and O–H groups in total. The second-order valence-corrected chi connectivity index (χ2v) is 9.48. The molecule has 0 spiro atoms. The number of fused-ring (bicyclic) bond motifs is 1. The zero-order valence-corrected chi connectivity index (χ0v) is 21.6. The summed E-state index contributed by atoms with van der Waals surface area (Å²) in [4.78, 5) is 10.9. The molecule has 0 unspecified atom stereocenters. The molecule has 2 aromatic carbocycles. The first kappa shape index (κ1) is 27.4. The molecular formula is C23H23F2N5O8S. The summed E-state index contributed by atoms with van der Waals surface area (Å²) in [7, 11) is -0.584. The van der Waals surface area contributed by atoms with Crippen molar-refractivity contribution in [1.29, 1.82) is 0 Å². The van der Waals surface area contributed by atoms with E-state index in [9.17, 15) is 22.0 Å². The average molecular weight is 568 g/mol. The highest BCUT2D eigenvalue weighted by Crippen LogP contribution is 2.38. The van der Waals surface area contributed by atoms with Crippen molar-refractivity contribution in [1.82, 2.24) is 20.3 Å². The van der Waals surface area contributed by atoms with Crippen LogP contribution in [-0.2, 0) is 27.8 Å². The Morgan fingerprint density at radius 1 is 1.10 bits per heavy atom. The maximum absolute atomic E-state index is 13.3. The number of carbonyl (C=O) groups excluding carboxylic acids is 1. The average Bonchev–Trinajstić information content (AvgIpc) is 3.52. The van der Waals surface area contributed by atoms with Gasteiger partial charge in [0, 0.05) is 18.3 Å². The van der Waals surface area contributed by atoms with E-state index in [2.05, 4.69) is 29.8 Å². The number of nitrogens with zero attached hydrogens (tertiary/aromatic N) is 3. The number of carbonyl (C=O) groups is 1. The number of amides is 1. The van der Waals surface area contributed by atoms with E-state index in [1.807, 2.05) is 0 Å². The van der Waals surface area contributed by atoms with Crippen molar-refractivity contribution in [2.24, 2.45) is 0 Å². The van der Waals surface area contributed by atoms with Gasteiger partial charge in [-0.3, -0.25) is 9.40 Å². The van der Waals surface area contributed by atoms with Gasteiger partial charge in [0.1, 0.15) is 22.6 Å². The number of alkyl halides is 2. The molecule has 0 radical (unpaired) electrons. The Hall–Kier alpha value is -4.60. The number of aromatic nitrogens is 3. The highest BCUT2D eigenvalue weighted by molar-refractivity contribution is 7.93. The second-order valence-electron chi connectivity index (χ2n) is 7.87. The normalized spacial score (nSPS) is 11.4. The number of hydrogen-bond donors (Lipinski definition) is 2. The highest BCUT2D eigenvalue weighted by Gasteiger charge is 2.28. The maximum Gasteiger partial charge on any atom is 0.407 e. The summed E-state index contributed by atoms with van der Waals surface area (Å²) in [5.74, 6) is -0.777. The summed E-state index contributed by atoms with van der Waals surface area (Å²) < 4.78 is 81.7. The van der Waals surface area contributed by atoms with Crippen LogP contribution in [0.15, 0.2) is 52.1 Å². The molecule has 0 saturated heterocycles. The fraction of sp³-hybridized carbons (Fsp3) is 0.261. The van der Waals surface area contributed by atoms with Gasteiger partial charge in [0.2, 0.25) is 0 Å². The number of hydrogen-bond acceptors (Lipinski definition) is 10. The lowest BCUT2D eigenvalue weighted by molar-refractivity contribution is -0.0488. The number of nitrogens with one attached hydrogen (secondary N) is 2. The van der Waals surface area contributed by atoms with E-state index in [1.165, 1.54) is 62.5 Å². The van der Waals surface area contributed by atoms with Crippen LogP contribution in [0.3, 0.4) is 0 Å². The lowest BCUT2D eigenvalue weighted by atomic mass is 10.1. The van der Waals surface area contributed by atoms with Crippen LogP contribution < -0.4 is 24.2 Å². The van der Waals surface area contributed by atoms with E-state index < -0.39 is 22.7 Å². The van der Waals surface area contributed by atoms with Gasteiger partial charge in [0.05, 0.1) is 34.1 Å². The summed E-state index contributed by atoms with van der Waals surface area (Å²) in [5, 5.41) is 10.3. The lowest BCUT2D eigenvalue weighted by Crippen LogP contribution is -2.21. The second kappa shape index (κ2) is 11.4. The molecule has 39 heavy (non-hydrogen) atoms. The number of halogens is 2. The van der Waals surface area contributed by atoms with Gasteiger partial charge in [-0.2, -0.15) is 13.9 Å². The monoisotopic (exact) mass is 567 g/mol. The van der Waals surface area contributed by atoms with Crippen LogP contribution >= 0.6 is 0 Å². The number of sulfonamides is 1. The number of methoxy groups -OCH3 is 3. The van der Waals surface area contributed by atoms with Gasteiger partial charge < -0.3 is 28.8 Å². The zero-order valence-electron chi connectivity index (χ0n) is 20.8. The third-order valence-electron chi connectivity index (χ3n) is 5.35. The molecule has 4 rings (SSSR count). The fourth-order valence-electron chi connectivity index (χ4n) is 3.72. The van der Waals surface area contributed by atoms with Crippen LogP contribution in [0.2, 0.25) is 0 Å². The topological polar surface area (TPSA) is 156 Å². The number of alkyl carbamates (subject to hydrolysis) is 1. The minimum atomic E-state index is -4.39. The first-order chi connectivity index (χ1) is 18.6. The molecule has 0 atom stereocenters. The molecule has 2 heterocycles. The van der Waals surface area contributed by atoms with Gasteiger partial charge in [-0.05, 0) is 29.8 Å². The van der Waals surface area contributed by atoms with Gasteiger partial charge in [0.25, 0.3) is 10.0 Å². The van der Waals surface area contributed by atoms with Crippen LogP contribution in [0.1, 0.15) is 11.1 Å². The highest BCUT2D eigenvalue weighted by atomic mass is 32.2. The van der Waals surface area contributed by atoms with Gasteiger partial charge in [-0.15, -0.1) is 0 Å². The fourth-order valence-corrected chi connectivity index (χ4v) is 5.05. The Labute approximate surface area is 220 Å². The predicted molar refractivity (Wildman–Crippen MR) is 132 cm³/mol. The number of benzene rings is 2. The quantitative estimate of drug-likeness (QED) is 0.276. The van der Waals surface area contributed by atoms with E-state index in [0.717, 1.165) is 0 Å². The standard InChI is InChI=1S/C23H23F2N5O8S/c1-34-15-5-4-6-16(35-2)20(15)39(32,33)29-21-19-17(37-22(24)25)7-13(8-18(19)38-28-21)11-30-12-14(10-27-30)9-26-23(31)36-3/h4-8,10,12,22H,9,11H2,1-3H3,(H,26,31)(H,28,29). The SMILES string of the molecule is COC(=O)NCc1cnn(Cc2cc(OC(F)F)c3c(NS(=O)(=O)c4c(OC)cccc4OC)noc3c2)c1. The van der Waals surface area contributed by atoms with E-state index >= 15 is 0 Å². The largest absolute Gasteiger partial charge is 0.495 e. The van der Waals surface area contributed by atoms with Crippen molar-refractivity contribution in [3.05, 3.63) is 53.9 Å². The molecular weight excluding hydrogens is 544 g/mol. The molecule has 13 nitrogen and oxygen atoms in total. The smallest absolute Gasteiger partial charge is 0.407 e. The van der Waals surface area contributed by atoms with E-state index in [1.54, 1.807) is 6.20 Å². The minimum Gasteiger partial charge on any atom is -0.495 e. The number of rotatable bonds is 11. The lowest BCUT2D eigenvalue weighted by Gasteiger charge is -2.14.